The average Bonchev–Trinajstić information content (AvgIpc) is 2.83. The topological polar surface area (TPSA) is 32.3 Å². The quantitative estimate of drug-likeness (QED) is 0.873. The Labute approximate surface area is 126 Å². The van der Waals surface area contributed by atoms with E-state index in [0.717, 1.165) is 12.1 Å². The number of aliphatic hydroxyl groups is 1. The van der Waals surface area contributed by atoms with E-state index < -0.39 is 5.60 Å². The van der Waals surface area contributed by atoms with Gasteiger partial charge in [0.2, 0.25) is 0 Å². The maximum atomic E-state index is 11.2. The third-order valence-electron chi connectivity index (χ3n) is 4.93. The standard InChI is InChI=1S/C17H25NOS/c1-3-18-16(13-5-4-6-13)17(2,19)14-8-7-12-9-10-20-15(12)11-14/h7-8,11,13,16,18-19H,3-6,9-10H2,1-2H3. The highest BCUT2D eigenvalue weighted by Crippen LogP contribution is 2.40. The molecule has 0 radical (unpaired) electrons. The van der Waals surface area contributed by atoms with Gasteiger partial charge in [-0.1, -0.05) is 25.5 Å². The fraction of sp³-hybridized carbons (Fsp3) is 0.647. The number of hydrogen-bond acceptors (Lipinski definition) is 3. The van der Waals surface area contributed by atoms with Crippen LogP contribution in [-0.2, 0) is 12.0 Å². The van der Waals surface area contributed by atoms with Crippen LogP contribution in [0.4, 0.5) is 0 Å². The summed E-state index contributed by atoms with van der Waals surface area (Å²) in [7, 11) is 0. The Bertz CT molecular complexity index is 482. The first kappa shape index (κ1) is 14.4. The van der Waals surface area contributed by atoms with E-state index in [1.165, 1.54) is 41.9 Å². The van der Waals surface area contributed by atoms with Crippen molar-refractivity contribution >= 4 is 11.8 Å². The molecular formula is C17H25NOS. The fourth-order valence-electron chi connectivity index (χ4n) is 3.48. The zero-order valence-corrected chi connectivity index (χ0v) is 13.3. The first-order chi connectivity index (χ1) is 9.63. The number of rotatable bonds is 5. The van der Waals surface area contributed by atoms with E-state index in [-0.39, 0.29) is 6.04 Å². The molecule has 0 bridgehead atoms. The van der Waals surface area contributed by atoms with Gasteiger partial charge in [0.25, 0.3) is 0 Å². The summed E-state index contributed by atoms with van der Waals surface area (Å²) in [5.41, 5.74) is 1.74. The van der Waals surface area contributed by atoms with Gasteiger partial charge in [-0.3, -0.25) is 0 Å². The van der Waals surface area contributed by atoms with E-state index in [2.05, 4.69) is 30.4 Å². The highest BCUT2D eigenvalue weighted by atomic mass is 32.2. The molecule has 1 aromatic rings. The first-order valence-electron chi connectivity index (χ1n) is 7.85. The van der Waals surface area contributed by atoms with Crippen LogP contribution in [0.3, 0.4) is 0 Å². The molecule has 20 heavy (non-hydrogen) atoms. The Kier molecular flexibility index (Phi) is 4.11. The van der Waals surface area contributed by atoms with Crippen LogP contribution in [-0.4, -0.2) is 23.4 Å². The Morgan fingerprint density at radius 3 is 2.90 bits per heavy atom. The second-order valence-electron chi connectivity index (χ2n) is 6.29. The predicted octanol–water partition coefficient (Wildman–Crippen LogP) is 3.32. The number of fused-ring (bicyclic) bond motifs is 1. The van der Waals surface area contributed by atoms with Crippen LogP contribution in [0, 0.1) is 5.92 Å². The molecule has 0 amide bonds. The number of likely N-dealkylation sites (N-methyl/N-ethyl adjacent to an activating group) is 1. The van der Waals surface area contributed by atoms with E-state index in [1.807, 2.05) is 18.7 Å². The largest absolute Gasteiger partial charge is 0.384 e. The lowest BCUT2D eigenvalue weighted by molar-refractivity contribution is -0.0224. The van der Waals surface area contributed by atoms with Crippen molar-refractivity contribution in [1.82, 2.24) is 5.32 Å². The second kappa shape index (κ2) is 5.70. The molecule has 1 aliphatic carbocycles. The minimum atomic E-state index is -0.778. The highest BCUT2D eigenvalue weighted by molar-refractivity contribution is 7.99. The molecule has 1 saturated carbocycles. The fourth-order valence-corrected chi connectivity index (χ4v) is 4.59. The molecule has 1 aromatic carbocycles. The smallest absolute Gasteiger partial charge is 0.102 e. The minimum absolute atomic E-state index is 0.172. The summed E-state index contributed by atoms with van der Waals surface area (Å²) < 4.78 is 0. The third kappa shape index (κ3) is 2.51. The number of aryl methyl sites for hydroxylation is 1. The van der Waals surface area contributed by atoms with Gasteiger partial charge < -0.3 is 10.4 Å². The molecule has 2 unspecified atom stereocenters. The van der Waals surface area contributed by atoms with Crippen molar-refractivity contribution in [2.75, 3.05) is 12.3 Å². The van der Waals surface area contributed by atoms with Crippen LogP contribution in [0.25, 0.3) is 0 Å². The van der Waals surface area contributed by atoms with E-state index >= 15 is 0 Å². The van der Waals surface area contributed by atoms with Gasteiger partial charge in [0.05, 0.1) is 0 Å². The zero-order chi connectivity index (χ0) is 14.2. The minimum Gasteiger partial charge on any atom is -0.384 e. The van der Waals surface area contributed by atoms with Crippen LogP contribution < -0.4 is 5.32 Å². The van der Waals surface area contributed by atoms with Crippen LogP contribution in [0.5, 0.6) is 0 Å². The van der Waals surface area contributed by atoms with Gasteiger partial charge in [-0.2, -0.15) is 0 Å². The van der Waals surface area contributed by atoms with E-state index in [9.17, 15) is 5.11 Å². The molecule has 110 valence electrons. The molecular weight excluding hydrogens is 266 g/mol. The Morgan fingerprint density at radius 2 is 2.25 bits per heavy atom. The molecule has 2 atom stereocenters. The Hall–Kier alpha value is -0.510. The summed E-state index contributed by atoms with van der Waals surface area (Å²) in [5.74, 6) is 1.80. The molecule has 1 heterocycles. The van der Waals surface area contributed by atoms with Gasteiger partial charge in [0, 0.05) is 16.7 Å². The van der Waals surface area contributed by atoms with Crippen molar-refractivity contribution in [2.24, 2.45) is 5.92 Å². The number of nitrogens with one attached hydrogen (secondary N) is 1. The lowest BCUT2D eigenvalue weighted by Crippen LogP contribution is -2.53. The maximum Gasteiger partial charge on any atom is 0.102 e. The van der Waals surface area contributed by atoms with E-state index in [4.69, 9.17) is 0 Å². The van der Waals surface area contributed by atoms with Crippen LogP contribution in [0.15, 0.2) is 23.1 Å². The molecule has 3 heteroatoms. The van der Waals surface area contributed by atoms with Crippen LogP contribution in [0.2, 0.25) is 0 Å². The van der Waals surface area contributed by atoms with E-state index in [1.54, 1.807) is 0 Å². The van der Waals surface area contributed by atoms with Gasteiger partial charge >= 0.3 is 0 Å². The predicted molar refractivity (Wildman–Crippen MR) is 85.2 cm³/mol. The SMILES string of the molecule is CCNC(C1CCC1)C(C)(O)c1ccc2c(c1)SCC2. The maximum absolute atomic E-state index is 11.2. The second-order valence-corrected chi connectivity index (χ2v) is 7.43. The van der Waals surface area contributed by atoms with Crippen molar-refractivity contribution in [3.8, 4) is 0 Å². The molecule has 1 aliphatic heterocycles. The summed E-state index contributed by atoms with van der Waals surface area (Å²) in [6, 6.07) is 6.73. The van der Waals surface area contributed by atoms with E-state index in [0.29, 0.717) is 5.92 Å². The molecule has 1 fully saturated rings. The molecule has 0 saturated heterocycles. The lowest BCUT2D eigenvalue weighted by Gasteiger charge is -2.43. The number of thioether (sulfide) groups is 1. The molecule has 2 N–H and O–H groups in total. The molecule has 3 rings (SSSR count). The first-order valence-corrected chi connectivity index (χ1v) is 8.83. The van der Waals surface area contributed by atoms with Gasteiger partial charge in [-0.25, -0.2) is 0 Å². The monoisotopic (exact) mass is 291 g/mol. The summed E-state index contributed by atoms with van der Waals surface area (Å²) in [6.45, 7) is 5.03. The summed E-state index contributed by atoms with van der Waals surface area (Å²) in [6.07, 6.45) is 4.96. The van der Waals surface area contributed by atoms with Crippen LogP contribution in [0.1, 0.15) is 44.2 Å². The average molecular weight is 291 g/mol. The number of hydrogen-bond donors (Lipinski definition) is 2. The zero-order valence-electron chi connectivity index (χ0n) is 12.5. The van der Waals surface area contributed by atoms with Crippen molar-refractivity contribution in [2.45, 2.75) is 56.1 Å². The molecule has 2 nitrogen and oxygen atoms in total. The van der Waals surface area contributed by atoms with Crippen molar-refractivity contribution in [3.63, 3.8) is 0 Å². The number of benzene rings is 1. The summed E-state index contributed by atoms with van der Waals surface area (Å²) in [4.78, 5) is 1.37. The van der Waals surface area contributed by atoms with Gasteiger partial charge in [0.1, 0.15) is 5.60 Å². The van der Waals surface area contributed by atoms with Crippen LogP contribution >= 0.6 is 11.8 Å². The van der Waals surface area contributed by atoms with Gasteiger partial charge in [0.15, 0.2) is 0 Å². The summed E-state index contributed by atoms with van der Waals surface area (Å²) in [5, 5.41) is 14.7. The highest BCUT2D eigenvalue weighted by Gasteiger charge is 2.41. The van der Waals surface area contributed by atoms with Crippen molar-refractivity contribution in [3.05, 3.63) is 29.3 Å². The van der Waals surface area contributed by atoms with Gasteiger partial charge in [-0.15, -0.1) is 11.8 Å². The molecule has 2 aliphatic rings. The normalized spacial score (nSPS) is 22.9. The third-order valence-corrected chi connectivity index (χ3v) is 6.03. The molecule has 0 spiro atoms. The summed E-state index contributed by atoms with van der Waals surface area (Å²) >= 11 is 1.92. The Morgan fingerprint density at radius 1 is 1.45 bits per heavy atom. The van der Waals surface area contributed by atoms with Crippen molar-refractivity contribution in [1.29, 1.82) is 0 Å². The Balaban J connectivity index is 1.88. The van der Waals surface area contributed by atoms with Crippen molar-refractivity contribution < 1.29 is 5.11 Å². The lowest BCUT2D eigenvalue weighted by atomic mass is 9.71. The van der Waals surface area contributed by atoms with Gasteiger partial charge in [-0.05, 0) is 55.8 Å². The molecule has 0 aromatic heterocycles.